The zero-order valence-electron chi connectivity index (χ0n) is 13.2. The van der Waals surface area contributed by atoms with E-state index in [1.807, 2.05) is 0 Å². The Hall–Kier alpha value is -1.06. The molecule has 0 bridgehead atoms. The van der Waals surface area contributed by atoms with E-state index >= 15 is 0 Å². The fraction of sp³-hybridized carbons (Fsp3) is 0.667. The normalized spacial score (nSPS) is 20.0. The van der Waals surface area contributed by atoms with Crippen LogP contribution >= 0.6 is 0 Å². The molecule has 3 nitrogen and oxygen atoms in total. The summed E-state index contributed by atoms with van der Waals surface area (Å²) in [6, 6.07) is 7.47. The Morgan fingerprint density at radius 2 is 2.10 bits per heavy atom. The third kappa shape index (κ3) is 3.58. The van der Waals surface area contributed by atoms with E-state index in [9.17, 15) is 0 Å². The second-order valence-electron chi connectivity index (χ2n) is 6.26. The maximum Gasteiger partial charge on any atom is 0.122 e. The lowest BCUT2D eigenvalue weighted by atomic mass is 9.96. The van der Waals surface area contributed by atoms with Gasteiger partial charge in [0.25, 0.3) is 0 Å². The number of rotatable bonds is 6. The van der Waals surface area contributed by atoms with E-state index in [1.54, 1.807) is 0 Å². The summed E-state index contributed by atoms with van der Waals surface area (Å²) in [6.07, 6.45) is 6.33. The Morgan fingerprint density at radius 3 is 2.90 bits per heavy atom. The molecule has 1 N–H and O–H groups in total. The maximum atomic E-state index is 5.65. The van der Waals surface area contributed by atoms with Crippen LogP contribution in [0.3, 0.4) is 0 Å². The summed E-state index contributed by atoms with van der Waals surface area (Å²) in [5.74, 6) is 1.10. The zero-order valence-corrected chi connectivity index (χ0v) is 13.2. The second-order valence-corrected chi connectivity index (χ2v) is 6.26. The first-order valence-corrected chi connectivity index (χ1v) is 8.59. The van der Waals surface area contributed by atoms with Crippen LogP contribution in [0.25, 0.3) is 0 Å². The molecule has 0 amide bonds. The SMILES string of the molecule is CCCCC[C@H](c1ccc2c(c1)CCO2)N1CCNCC1. The molecule has 116 valence electrons. The summed E-state index contributed by atoms with van der Waals surface area (Å²) in [7, 11) is 0. The van der Waals surface area contributed by atoms with Crippen molar-refractivity contribution in [2.75, 3.05) is 32.8 Å². The molecule has 1 aromatic carbocycles. The van der Waals surface area contributed by atoms with E-state index in [-0.39, 0.29) is 0 Å². The summed E-state index contributed by atoms with van der Waals surface area (Å²) >= 11 is 0. The smallest absolute Gasteiger partial charge is 0.122 e. The van der Waals surface area contributed by atoms with Gasteiger partial charge in [0.2, 0.25) is 0 Å². The van der Waals surface area contributed by atoms with Crippen molar-refractivity contribution in [2.24, 2.45) is 0 Å². The topological polar surface area (TPSA) is 24.5 Å². The van der Waals surface area contributed by atoms with Gasteiger partial charge in [-0.15, -0.1) is 0 Å². The van der Waals surface area contributed by atoms with Crippen molar-refractivity contribution in [3.63, 3.8) is 0 Å². The summed E-state index contributed by atoms with van der Waals surface area (Å²) in [6.45, 7) is 7.73. The predicted octanol–water partition coefficient (Wildman–Crippen LogP) is 3.15. The van der Waals surface area contributed by atoms with Crippen LogP contribution < -0.4 is 10.1 Å². The van der Waals surface area contributed by atoms with Crippen molar-refractivity contribution in [1.29, 1.82) is 0 Å². The van der Waals surface area contributed by atoms with Crippen molar-refractivity contribution in [3.8, 4) is 5.75 Å². The quantitative estimate of drug-likeness (QED) is 0.814. The highest BCUT2D eigenvalue weighted by molar-refractivity contribution is 5.40. The molecule has 0 aliphatic carbocycles. The average Bonchev–Trinajstić information content (AvgIpc) is 3.00. The first-order chi connectivity index (χ1) is 10.4. The number of fused-ring (bicyclic) bond motifs is 1. The Labute approximate surface area is 128 Å². The van der Waals surface area contributed by atoms with Gasteiger partial charge in [-0.05, 0) is 23.6 Å². The van der Waals surface area contributed by atoms with Gasteiger partial charge in [-0.1, -0.05) is 38.3 Å². The standard InChI is InChI=1S/C18H28N2O/c1-2-3-4-5-17(20-11-9-19-10-12-20)15-6-7-18-16(14-15)8-13-21-18/h6-7,14,17,19H,2-5,8-13H2,1H3/t17-/m1/s1. The largest absolute Gasteiger partial charge is 0.493 e. The van der Waals surface area contributed by atoms with Crippen LogP contribution in [-0.2, 0) is 6.42 Å². The zero-order chi connectivity index (χ0) is 14.5. The molecule has 0 aromatic heterocycles. The first kappa shape index (κ1) is 14.9. The van der Waals surface area contributed by atoms with Gasteiger partial charge in [-0.3, -0.25) is 4.90 Å². The fourth-order valence-corrected chi connectivity index (χ4v) is 3.56. The molecule has 0 unspecified atom stereocenters. The van der Waals surface area contributed by atoms with Crippen molar-refractivity contribution in [1.82, 2.24) is 10.2 Å². The van der Waals surface area contributed by atoms with Crippen molar-refractivity contribution in [3.05, 3.63) is 29.3 Å². The minimum absolute atomic E-state index is 0.588. The van der Waals surface area contributed by atoms with E-state index in [4.69, 9.17) is 4.74 Å². The Balaban J connectivity index is 1.76. The summed E-state index contributed by atoms with van der Waals surface area (Å²) < 4.78 is 5.65. The monoisotopic (exact) mass is 288 g/mol. The molecule has 0 saturated carbocycles. The van der Waals surface area contributed by atoms with Crippen LogP contribution in [0.1, 0.15) is 49.8 Å². The van der Waals surface area contributed by atoms with Gasteiger partial charge in [-0.2, -0.15) is 0 Å². The molecule has 1 aromatic rings. The first-order valence-electron chi connectivity index (χ1n) is 8.59. The van der Waals surface area contributed by atoms with Crippen molar-refractivity contribution >= 4 is 0 Å². The highest BCUT2D eigenvalue weighted by Crippen LogP contribution is 2.32. The van der Waals surface area contributed by atoms with Crippen LogP contribution in [-0.4, -0.2) is 37.7 Å². The second kappa shape index (κ2) is 7.28. The van der Waals surface area contributed by atoms with Gasteiger partial charge in [0.15, 0.2) is 0 Å². The number of piperazine rings is 1. The Morgan fingerprint density at radius 1 is 1.24 bits per heavy atom. The lowest BCUT2D eigenvalue weighted by Gasteiger charge is -2.35. The van der Waals surface area contributed by atoms with Crippen LogP contribution in [0.2, 0.25) is 0 Å². The molecule has 2 aliphatic heterocycles. The van der Waals surface area contributed by atoms with Gasteiger partial charge in [0.05, 0.1) is 6.61 Å². The van der Waals surface area contributed by atoms with E-state index in [1.165, 1.54) is 49.9 Å². The van der Waals surface area contributed by atoms with Gasteiger partial charge in [-0.25, -0.2) is 0 Å². The highest BCUT2D eigenvalue weighted by Gasteiger charge is 2.23. The number of hydrogen-bond acceptors (Lipinski definition) is 3. The molecule has 1 fully saturated rings. The van der Waals surface area contributed by atoms with Crippen LogP contribution in [0.15, 0.2) is 18.2 Å². The predicted molar refractivity (Wildman–Crippen MR) is 87.0 cm³/mol. The molecule has 21 heavy (non-hydrogen) atoms. The molecular weight excluding hydrogens is 260 g/mol. The lowest BCUT2D eigenvalue weighted by molar-refractivity contribution is 0.162. The maximum absolute atomic E-state index is 5.65. The Kier molecular flexibility index (Phi) is 5.15. The molecule has 3 rings (SSSR count). The number of ether oxygens (including phenoxy) is 1. The van der Waals surface area contributed by atoms with Crippen molar-refractivity contribution in [2.45, 2.75) is 45.1 Å². The number of benzene rings is 1. The van der Waals surface area contributed by atoms with E-state index < -0.39 is 0 Å². The van der Waals surface area contributed by atoms with Gasteiger partial charge >= 0.3 is 0 Å². The van der Waals surface area contributed by atoms with E-state index in [0.29, 0.717) is 6.04 Å². The van der Waals surface area contributed by atoms with Gasteiger partial charge < -0.3 is 10.1 Å². The van der Waals surface area contributed by atoms with Crippen LogP contribution in [0, 0.1) is 0 Å². The molecule has 2 aliphatic rings. The number of nitrogens with zero attached hydrogens (tertiary/aromatic N) is 1. The number of nitrogens with one attached hydrogen (secondary N) is 1. The summed E-state index contributed by atoms with van der Waals surface area (Å²) in [4.78, 5) is 2.67. The fourth-order valence-electron chi connectivity index (χ4n) is 3.56. The number of unbranched alkanes of at least 4 members (excludes halogenated alkanes) is 2. The minimum Gasteiger partial charge on any atom is -0.493 e. The molecule has 0 radical (unpaired) electrons. The van der Waals surface area contributed by atoms with E-state index in [0.717, 1.165) is 31.9 Å². The summed E-state index contributed by atoms with van der Waals surface area (Å²) in [5, 5.41) is 3.47. The average molecular weight is 288 g/mol. The molecule has 0 spiro atoms. The highest BCUT2D eigenvalue weighted by atomic mass is 16.5. The van der Waals surface area contributed by atoms with Crippen molar-refractivity contribution < 1.29 is 4.74 Å². The molecule has 1 atom stereocenters. The minimum atomic E-state index is 0.588. The third-order valence-electron chi connectivity index (χ3n) is 4.77. The summed E-state index contributed by atoms with van der Waals surface area (Å²) in [5.41, 5.74) is 2.90. The molecular formula is C18H28N2O. The lowest BCUT2D eigenvalue weighted by Crippen LogP contribution is -2.45. The van der Waals surface area contributed by atoms with E-state index in [2.05, 4.69) is 35.3 Å². The van der Waals surface area contributed by atoms with Crippen LogP contribution in [0.5, 0.6) is 5.75 Å². The molecule has 2 heterocycles. The Bertz CT molecular complexity index is 455. The van der Waals surface area contributed by atoms with Gasteiger partial charge in [0.1, 0.15) is 5.75 Å². The molecule has 3 heteroatoms. The third-order valence-corrected chi connectivity index (χ3v) is 4.77. The van der Waals surface area contributed by atoms with Crippen LogP contribution in [0.4, 0.5) is 0 Å². The number of hydrogen-bond donors (Lipinski definition) is 1. The molecule has 1 saturated heterocycles. The van der Waals surface area contributed by atoms with Gasteiger partial charge in [0, 0.05) is 38.6 Å².